The first kappa shape index (κ1) is 18.0. The van der Waals surface area contributed by atoms with Crippen LogP contribution in [0.3, 0.4) is 0 Å². The number of benzene rings is 1. The number of halogens is 1. The quantitative estimate of drug-likeness (QED) is 0.620. The molecule has 1 amide bonds. The third-order valence-electron chi connectivity index (χ3n) is 3.94. The van der Waals surface area contributed by atoms with E-state index in [1.165, 1.54) is 0 Å². The number of hydroxylamine groups is 3. The highest BCUT2D eigenvalue weighted by Crippen LogP contribution is 2.27. The normalized spacial score (nSPS) is 13.6. The Bertz CT molecular complexity index is 485. The zero-order valence-corrected chi connectivity index (χ0v) is 13.7. The molecule has 1 aromatic carbocycles. The van der Waals surface area contributed by atoms with E-state index in [2.05, 4.69) is 19.2 Å². The summed E-state index contributed by atoms with van der Waals surface area (Å²) in [6, 6.07) is 5.93. The van der Waals surface area contributed by atoms with Gasteiger partial charge < -0.3 is 15.2 Å². The molecule has 1 aromatic rings. The van der Waals surface area contributed by atoms with Gasteiger partial charge in [0.25, 0.3) is 0 Å². The second kappa shape index (κ2) is 7.78. The van der Waals surface area contributed by atoms with Crippen LogP contribution in [0, 0.1) is 5.21 Å². The smallest absolute Gasteiger partial charge is 0.228 e. The van der Waals surface area contributed by atoms with E-state index in [0.29, 0.717) is 26.1 Å². The van der Waals surface area contributed by atoms with Crippen LogP contribution >= 0.6 is 12.4 Å². The molecule has 0 unspecified atom stereocenters. The molecule has 2 rings (SSSR count). The van der Waals surface area contributed by atoms with Gasteiger partial charge in [0.05, 0.1) is 26.1 Å². The third kappa shape index (κ3) is 4.43. The summed E-state index contributed by atoms with van der Waals surface area (Å²) in [6.45, 7) is 6.08. The van der Waals surface area contributed by atoms with E-state index in [9.17, 15) is 10.0 Å². The Hall–Kier alpha value is -1.10. The summed E-state index contributed by atoms with van der Waals surface area (Å²) in [5.41, 5.74) is 3.14. The number of anilines is 1. The average Bonchev–Trinajstić information content (AvgIpc) is 2.77. The van der Waals surface area contributed by atoms with E-state index in [-0.39, 0.29) is 23.0 Å². The molecule has 1 aliphatic heterocycles. The van der Waals surface area contributed by atoms with Gasteiger partial charge >= 0.3 is 0 Å². The molecule has 0 radical (unpaired) electrons. The number of quaternary nitrogens is 1. The maximum Gasteiger partial charge on any atom is 0.228 e. The Labute approximate surface area is 133 Å². The van der Waals surface area contributed by atoms with E-state index in [1.54, 1.807) is 0 Å². The molecule has 4 nitrogen and oxygen atoms in total. The molecular weight excluding hydrogens is 288 g/mol. The molecule has 1 aliphatic rings. The van der Waals surface area contributed by atoms with Crippen LogP contribution in [0.4, 0.5) is 5.69 Å². The second-order valence-corrected chi connectivity index (χ2v) is 5.65. The largest absolute Gasteiger partial charge is 0.633 e. The zero-order valence-electron chi connectivity index (χ0n) is 12.9. The fourth-order valence-electron chi connectivity index (χ4n) is 3.02. The van der Waals surface area contributed by atoms with Crippen molar-refractivity contribution in [1.82, 2.24) is 0 Å². The van der Waals surface area contributed by atoms with Gasteiger partial charge in [-0.05, 0) is 30.0 Å². The van der Waals surface area contributed by atoms with Crippen molar-refractivity contribution in [3.63, 3.8) is 0 Å². The van der Waals surface area contributed by atoms with E-state index in [0.717, 1.165) is 36.1 Å². The van der Waals surface area contributed by atoms with E-state index in [1.807, 2.05) is 18.2 Å². The van der Waals surface area contributed by atoms with Gasteiger partial charge in [0.2, 0.25) is 5.91 Å². The Morgan fingerprint density at radius 2 is 1.86 bits per heavy atom. The van der Waals surface area contributed by atoms with Crippen molar-refractivity contribution < 1.29 is 9.44 Å². The number of rotatable bonds is 7. The minimum Gasteiger partial charge on any atom is -0.633 e. The number of nitrogens with one attached hydrogen (secondary N) is 1. The first-order chi connectivity index (χ1) is 9.58. The standard InChI is InChI=1S/C16H24N2O2.ClH/c1-3-9-18(20,10-4-2)11-8-13-6-5-7-15-14(13)12-16(19)17-15;/h5-7H,3-4,8-12H2,1-2H3,(H,17,19);1H. The van der Waals surface area contributed by atoms with E-state index in [4.69, 9.17) is 0 Å². The van der Waals surface area contributed by atoms with Gasteiger partial charge in [-0.1, -0.05) is 26.0 Å². The first-order valence-electron chi connectivity index (χ1n) is 7.55. The van der Waals surface area contributed by atoms with Crippen LogP contribution in [0.1, 0.15) is 37.8 Å². The van der Waals surface area contributed by atoms with E-state index >= 15 is 0 Å². The van der Waals surface area contributed by atoms with Gasteiger partial charge in [-0.3, -0.25) is 4.79 Å². The van der Waals surface area contributed by atoms with Crippen LogP contribution < -0.4 is 5.32 Å². The number of fused-ring (bicyclic) bond motifs is 1. The first-order valence-corrected chi connectivity index (χ1v) is 7.55. The highest BCUT2D eigenvalue weighted by molar-refractivity contribution is 5.99. The molecule has 0 aliphatic carbocycles. The lowest BCUT2D eigenvalue weighted by Crippen LogP contribution is -2.44. The van der Waals surface area contributed by atoms with Crippen molar-refractivity contribution in [1.29, 1.82) is 0 Å². The van der Waals surface area contributed by atoms with Gasteiger partial charge in [0, 0.05) is 12.1 Å². The van der Waals surface area contributed by atoms with Crippen molar-refractivity contribution >= 4 is 24.0 Å². The average molecular weight is 313 g/mol. The minimum atomic E-state index is -0.113. The molecule has 5 heteroatoms. The molecule has 0 bridgehead atoms. The van der Waals surface area contributed by atoms with Crippen LogP contribution in [-0.4, -0.2) is 30.2 Å². The Kier molecular flexibility index (Phi) is 6.65. The molecule has 0 spiro atoms. The van der Waals surface area contributed by atoms with Crippen LogP contribution in [0.25, 0.3) is 0 Å². The van der Waals surface area contributed by atoms with Gasteiger partial charge in [0.15, 0.2) is 0 Å². The van der Waals surface area contributed by atoms with Crippen molar-refractivity contribution in [3.05, 3.63) is 34.5 Å². The Morgan fingerprint density at radius 3 is 2.48 bits per heavy atom. The number of carbonyl (C=O) groups excluding carboxylic acids is 1. The van der Waals surface area contributed by atoms with Crippen LogP contribution in [0.15, 0.2) is 18.2 Å². The monoisotopic (exact) mass is 312 g/mol. The van der Waals surface area contributed by atoms with Crippen molar-refractivity contribution in [2.75, 3.05) is 25.0 Å². The van der Waals surface area contributed by atoms with Crippen molar-refractivity contribution in [2.45, 2.75) is 39.5 Å². The zero-order chi connectivity index (χ0) is 14.6. The molecule has 1 heterocycles. The number of carbonyl (C=O) groups is 1. The summed E-state index contributed by atoms with van der Waals surface area (Å²) >= 11 is 0. The summed E-state index contributed by atoms with van der Waals surface area (Å²) in [6.07, 6.45) is 3.03. The maximum absolute atomic E-state index is 12.7. The highest BCUT2D eigenvalue weighted by atomic mass is 35.5. The van der Waals surface area contributed by atoms with Crippen LogP contribution in [0.5, 0.6) is 0 Å². The molecule has 0 saturated carbocycles. The molecular formula is C16H25ClN2O2. The summed E-state index contributed by atoms with van der Waals surface area (Å²) in [5.74, 6) is 0.0532. The lowest BCUT2D eigenvalue weighted by atomic mass is 10.0. The number of hydrogen-bond acceptors (Lipinski definition) is 2. The summed E-state index contributed by atoms with van der Waals surface area (Å²) in [5, 5.41) is 15.6. The molecule has 0 aromatic heterocycles. The highest BCUT2D eigenvalue weighted by Gasteiger charge is 2.22. The Balaban J connectivity index is 0.00000220. The molecule has 0 fully saturated rings. The molecule has 0 saturated heterocycles. The van der Waals surface area contributed by atoms with Crippen LogP contribution in [-0.2, 0) is 17.6 Å². The van der Waals surface area contributed by atoms with E-state index < -0.39 is 0 Å². The number of hydrogen-bond donors (Lipinski definition) is 1. The predicted octanol–water partition coefficient (Wildman–Crippen LogP) is 3.28. The Morgan fingerprint density at radius 1 is 1.19 bits per heavy atom. The summed E-state index contributed by atoms with van der Waals surface area (Å²) in [7, 11) is 0. The second-order valence-electron chi connectivity index (χ2n) is 5.65. The SMILES string of the molecule is CCC[N+]([O-])(CCC)CCc1cccc2c1CC(=O)N2.Cl. The summed E-state index contributed by atoms with van der Waals surface area (Å²) in [4.78, 5) is 11.5. The lowest BCUT2D eigenvalue weighted by Gasteiger charge is -2.43. The lowest BCUT2D eigenvalue weighted by molar-refractivity contribution is -0.880. The third-order valence-corrected chi connectivity index (χ3v) is 3.94. The summed E-state index contributed by atoms with van der Waals surface area (Å²) < 4.78 is -0.113. The van der Waals surface area contributed by atoms with Gasteiger partial charge in [-0.15, -0.1) is 12.4 Å². The van der Waals surface area contributed by atoms with Crippen LogP contribution in [0.2, 0.25) is 0 Å². The predicted molar refractivity (Wildman–Crippen MR) is 88.5 cm³/mol. The molecule has 118 valence electrons. The fourth-order valence-corrected chi connectivity index (χ4v) is 3.02. The van der Waals surface area contributed by atoms with Crippen molar-refractivity contribution in [3.8, 4) is 0 Å². The molecule has 21 heavy (non-hydrogen) atoms. The van der Waals surface area contributed by atoms with Crippen molar-refractivity contribution in [2.24, 2.45) is 0 Å². The molecule has 0 atom stereocenters. The van der Waals surface area contributed by atoms with Gasteiger partial charge in [0.1, 0.15) is 0 Å². The minimum absolute atomic E-state index is 0. The molecule has 1 N–H and O–H groups in total. The maximum atomic E-state index is 12.7. The number of amides is 1. The van der Waals surface area contributed by atoms with Gasteiger partial charge in [-0.2, -0.15) is 0 Å². The topological polar surface area (TPSA) is 52.2 Å². The van der Waals surface area contributed by atoms with Gasteiger partial charge in [-0.25, -0.2) is 0 Å². The fraction of sp³-hybridized carbons (Fsp3) is 0.562. The number of nitrogens with zero attached hydrogens (tertiary/aromatic N) is 1.